The molecule has 0 aliphatic carbocycles. The molecule has 12 rings (SSSR count). The lowest BCUT2D eigenvalue weighted by atomic mass is 9.95. The second-order valence-corrected chi connectivity index (χ2v) is 16.3. The van der Waals surface area contributed by atoms with Crippen LogP contribution in [0.15, 0.2) is 241 Å². The maximum atomic E-state index is 6.77. The van der Waals surface area contributed by atoms with Crippen LogP contribution in [-0.2, 0) is 0 Å². The molecule has 4 heteroatoms. The zero-order valence-corrected chi connectivity index (χ0v) is 35.3. The van der Waals surface area contributed by atoms with Gasteiger partial charge in [-0.1, -0.05) is 231 Å². The summed E-state index contributed by atoms with van der Waals surface area (Å²) in [5.74, 6) is 1.78. The Balaban J connectivity index is 0.945. The molecule has 0 N–H and O–H groups in total. The summed E-state index contributed by atoms with van der Waals surface area (Å²) in [7, 11) is 0. The smallest absolute Gasteiger partial charge is 0.164 e. The van der Waals surface area contributed by atoms with E-state index >= 15 is 0 Å². The van der Waals surface area contributed by atoms with Crippen molar-refractivity contribution in [3.63, 3.8) is 0 Å². The van der Waals surface area contributed by atoms with Gasteiger partial charge in [0.1, 0.15) is 11.2 Å². The standard InChI is InChI=1S/C61H39N3O/c1-3-12-40(13-4-1)42-24-26-44(27-25-42)45-30-38-50(39-31-45)60-62-59(49-36-28-43(29-37-49)41-14-5-2-6-15-41)63-61(64-60)55-22-11-23-56-57(55)54-21-10-20-53(58(54)65-56)48-34-32-47(33-35-48)52-19-9-17-46-16-7-8-18-51(46)52/h1-39H. The highest BCUT2D eigenvalue weighted by atomic mass is 16.3. The quantitative estimate of drug-likeness (QED) is 0.153. The summed E-state index contributed by atoms with van der Waals surface area (Å²) < 4.78 is 6.77. The van der Waals surface area contributed by atoms with Crippen molar-refractivity contribution in [3.05, 3.63) is 237 Å². The number of nitrogens with zero attached hydrogens (tertiary/aromatic N) is 3. The lowest BCUT2D eigenvalue weighted by Gasteiger charge is -2.11. The van der Waals surface area contributed by atoms with Crippen LogP contribution < -0.4 is 0 Å². The molecule has 4 nitrogen and oxygen atoms in total. The van der Waals surface area contributed by atoms with Gasteiger partial charge in [-0.05, 0) is 66.9 Å². The van der Waals surface area contributed by atoms with Gasteiger partial charge >= 0.3 is 0 Å². The molecule has 304 valence electrons. The highest BCUT2D eigenvalue weighted by Gasteiger charge is 2.20. The van der Waals surface area contributed by atoms with E-state index in [1.165, 1.54) is 33.0 Å². The predicted octanol–water partition coefficient (Wildman–Crippen LogP) is 16.3. The van der Waals surface area contributed by atoms with Crippen molar-refractivity contribution in [2.75, 3.05) is 0 Å². The Morgan fingerprint density at radius 1 is 0.246 bits per heavy atom. The number of hydrogen-bond donors (Lipinski definition) is 0. The van der Waals surface area contributed by atoms with Crippen molar-refractivity contribution in [2.45, 2.75) is 0 Å². The van der Waals surface area contributed by atoms with Crippen LogP contribution in [0.1, 0.15) is 0 Å². The summed E-state index contributed by atoms with van der Waals surface area (Å²) in [4.78, 5) is 15.6. The molecule has 0 bridgehead atoms. The molecule has 0 aliphatic rings. The zero-order chi connectivity index (χ0) is 43.1. The fourth-order valence-electron chi connectivity index (χ4n) is 9.06. The van der Waals surface area contributed by atoms with E-state index in [9.17, 15) is 0 Å². The Labute approximate surface area is 376 Å². The second-order valence-electron chi connectivity index (χ2n) is 16.3. The molecule has 10 aromatic carbocycles. The second kappa shape index (κ2) is 16.2. The lowest BCUT2D eigenvalue weighted by molar-refractivity contribution is 0.670. The molecule has 65 heavy (non-hydrogen) atoms. The summed E-state index contributed by atoms with van der Waals surface area (Å²) in [5.41, 5.74) is 15.7. The van der Waals surface area contributed by atoms with Gasteiger partial charge in [0, 0.05) is 33.0 Å². The van der Waals surface area contributed by atoms with Crippen LogP contribution >= 0.6 is 0 Å². The Morgan fingerprint density at radius 2 is 0.631 bits per heavy atom. The van der Waals surface area contributed by atoms with E-state index in [1.807, 2.05) is 24.3 Å². The number of para-hydroxylation sites is 1. The first kappa shape index (κ1) is 38.0. The number of rotatable bonds is 8. The molecular weight excluding hydrogens is 791 g/mol. The van der Waals surface area contributed by atoms with Crippen molar-refractivity contribution in [2.24, 2.45) is 0 Å². The Kier molecular flexibility index (Phi) is 9.46. The van der Waals surface area contributed by atoms with Crippen LogP contribution in [0.5, 0.6) is 0 Å². The normalized spacial score (nSPS) is 11.4. The molecule has 0 atom stereocenters. The molecule has 0 unspecified atom stereocenters. The molecule has 12 aromatic rings. The van der Waals surface area contributed by atoms with E-state index in [0.717, 1.165) is 72.0 Å². The van der Waals surface area contributed by atoms with E-state index in [-0.39, 0.29) is 0 Å². The molecule has 2 heterocycles. The third kappa shape index (κ3) is 7.13. The van der Waals surface area contributed by atoms with E-state index in [0.29, 0.717) is 17.5 Å². The third-order valence-corrected chi connectivity index (χ3v) is 12.4. The van der Waals surface area contributed by atoms with Gasteiger partial charge in [0.25, 0.3) is 0 Å². The van der Waals surface area contributed by atoms with E-state index < -0.39 is 0 Å². The summed E-state index contributed by atoms with van der Waals surface area (Å²) >= 11 is 0. The van der Waals surface area contributed by atoms with Crippen molar-refractivity contribution in [1.29, 1.82) is 0 Å². The maximum absolute atomic E-state index is 6.77. The zero-order valence-electron chi connectivity index (χ0n) is 35.3. The molecular formula is C61H39N3O. The Morgan fingerprint density at radius 3 is 1.22 bits per heavy atom. The van der Waals surface area contributed by atoms with E-state index in [1.54, 1.807) is 0 Å². The fraction of sp³-hybridized carbons (Fsp3) is 0. The van der Waals surface area contributed by atoms with Gasteiger partial charge in [0.05, 0.1) is 0 Å². The summed E-state index contributed by atoms with van der Waals surface area (Å²) in [5, 5.41) is 4.44. The topological polar surface area (TPSA) is 51.8 Å². The number of furan rings is 1. The molecule has 2 aromatic heterocycles. The number of benzene rings is 10. The van der Waals surface area contributed by atoms with Crippen molar-refractivity contribution >= 4 is 32.7 Å². The average Bonchev–Trinajstić information content (AvgIpc) is 3.79. The van der Waals surface area contributed by atoms with E-state index in [2.05, 4.69) is 212 Å². The number of hydrogen-bond acceptors (Lipinski definition) is 4. The van der Waals surface area contributed by atoms with Gasteiger partial charge in [-0.15, -0.1) is 0 Å². The van der Waals surface area contributed by atoms with Crippen molar-refractivity contribution in [3.8, 4) is 89.8 Å². The lowest BCUT2D eigenvalue weighted by Crippen LogP contribution is -2.00. The van der Waals surface area contributed by atoms with Crippen molar-refractivity contribution < 1.29 is 4.42 Å². The summed E-state index contributed by atoms with van der Waals surface area (Å²) in [6.07, 6.45) is 0. The largest absolute Gasteiger partial charge is 0.455 e. The third-order valence-electron chi connectivity index (χ3n) is 12.4. The summed E-state index contributed by atoms with van der Waals surface area (Å²) in [6, 6.07) is 82.9. The van der Waals surface area contributed by atoms with Gasteiger partial charge in [-0.3, -0.25) is 0 Å². The van der Waals surface area contributed by atoms with Gasteiger partial charge in [0.2, 0.25) is 0 Å². The van der Waals surface area contributed by atoms with Gasteiger partial charge in [-0.25, -0.2) is 15.0 Å². The fourth-order valence-corrected chi connectivity index (χ4v) is 9.06. The SMILES string of the molecule is c1ccc(-c2ccc(-c3ccc(-c4nc(-c5ccc(-c6ccccc6)cc5)nc(-c5cccc6oc7c(-c8ccc(-c9cccc%10ccccc9%10)cc8)cccc7c56)n4)cc3)cc2)cc1. The minimum absolute atomic E-state index is 0.579. The van der Waals surface area contributed by atoms with Gasteiger partial charge in [0.15, 0.2) is 17.5 Å². The molecule has 0 saturated carbocycles. The first-order chi connectivity index (χ1) is 32.2. The minimum atomic E-state index is 0.579. The molecule has 0 spiro atoms. The molecule has 0 aliphatic heterocycles. The van der Waals surface area contributed by atoms with Crippen LogP contribution in [0.2, 0.25) is 0 Å². The van der Waals surface area contributed by atoms with Crippen LogP contribution in [0.25, 0.3) is 123 Å². The molecule has 0 fully saturated rings. The summed E-state index contributed by atoms with van der Waals surface area (Å²) in [6.45, 7) is 0. The van der Waals surface area contributed by atoms with E-state index in [4.69, 9.17) is 19.4 Å². The first-order valence-corrected chi connectivity index (χ1v) is 21.9. The first-order valence-electron chi connectivity index (χ1n) is 21.9. The van der Waals surface area contributed by atoms with Crippen LogP contribution in [0.3, 0.4) is 0 Å². The van der Waals surface area contributed by atoms with Crippen LogP contribution in [0.4, 0.5) is 0 Å². The monoisotopic (exact) mass is 829 g/mol. The van der Waals surface area contributed by atoms with Crippen molar-refractivity contribution in [1.82, 2.24) is 15.0 Å². The average molecular weight is 830 g/mol. The van der Waals surface area contributed by atoms with Gasteiger partial charge < -0.3 is 4.42 Å². The Bertz CT molecular complexity index is 3650. The minimum Gasteiger partial charge on any atom is -0.455 e. The predicted molar refractivity (Wildman–Crippen MR) is 268 cm³/mol. The molecule has 0 radical (unpaired) electrons. The highest BCUT2D eigenvalue weighted by molar-refractivity contribution is 6.15. The maximum Gasteiger partial charge on any atom is 0.164 e. The number of aromatic nitrogens is 3. The van der Waals surface area contributed by atoms with Crippen LogP contribution in [0, 0.1) is 0 Å². The molecule has 0 amide bonds. The highest BCUT2D eigenvalue weighted by Crippen LogP contribution is 2.41. The number of fused-ring (bicyclic) bond motifs is 4. The van der Waals surface area contributed by atoms with Crippen LogP contribution in [-0.4, -0.2) is 15.0 Å². The molecule has 0 saturated heterocycles. The van der Waals surface area contributed by atoms with Gasteiger partial charge in [-0.2, -0.15) is 0 Å². The Hall–Kier alpha value is -8.73.